The SMILES string of the molecule is C1CC1.C1CC1.C1CC1.C1CC1.C1CC1.CCCCCCCCC/C=C/C=C/C=C/C=C/C=C/C(=O)OC. The average Bonchev–Trinajstić information content (AvgIpc) is 3.75. The van der Waals surface area contributed by atoms with Gasteiger partial charge in [0.25, 0.3) is 0 Å². The molecule has 5 aliphatic rings. The second-order valence-corrected chi connectivity index (χ2v) is 10.7. The van der Waals surface area contributed by atoms with Crippen molar-refractivity contribution in [2.45, 2.75) is 155 Å². The number of hydrogen-bond acceptors (Lipinski definition) is 2. The first-order valence-corrected chi connectivity index (χ1v) is 16.2. The summed E-state index contributed by atoms with van der Waals surface area (Å²) in [5, 5.41) is 0. The van der Waals surface area contributed by atoms with Crippen LogP contribution in [0.15, 0.2) is 60.8 Å². The number of esters is 1. The molecule has 0 aromatic heterocycles. The van der Waals surface area contributed by atoms with Crippen LogP contribution >= 0.6 is 0 Å². The molecule has 0 unspecified atom stereocenters. The predicted octanol–water partition coefficient (Wildman–Crippen LogP) is 11.9. The van der Waals surface area contributed by atoms with Crippen molar-refractivity contribution in [3.05, 3.63) is 60.8 Å². The number of hydrogen-bond donors (Lipinski definition) is 0. The summed E-state index contributed by atoms with van der Waals surface area (Å²) < 4.78 is 4.48. The van der Waals surface area contributed by atoms with Gasteiger partial charge in [0.15, 0.2) is 0 Å². The zero-order valence-electron chi connectivity index (χ0n) is 25.4. The maximum absolute atomic E-state index is 10.8. The normalized spacial score (nSPS) is 17.1. The zero-order valence-corrected chi connectivity index (χ0v) is 25.4. The van der Waals surface area contributed by atoms with Crippen LogP contribution in [0, 0.1) is 0 Å². The molecule has 0 aromatic carbocycles. The van der Waals surface area contributed by atoms with E-state index in [0.717, 1.165) is 0 Å². The van der Waals surface area contributed by atoms with Crippen molar-refractivity contribution in [2.24, 2.45) is 0 Å². The van der Waals surface area contributed by atoms with Crippen molar-refractivity contribution >= 4 is 5.97 Å². The summed E-state index contributed by atoms with van der Waals surface area (Å²) in [4.78, 5) is 10.8. The van der Waals surface area contributed by atoms with E-state index in [2.05, 4.69) is 23.8 Å². The van der Waals surface area contributed by atoms with Crippen molar-refractivity contribution in [2.75, 3.05) is 7.11 Å². The van der Waals surface area contributed by atoms with E-state index in [1.165, 1.54) is 161 Å². The highest BCUT2D eigenvalue weighted by Gasteiger charge is 1.96. The maximum atomic E-state index is 10.8. The Morgan fingerprint density at radius 2 is 0.842 bits per heavy atom. The van der Waals surface area contributed by atoms with Crippen LogP contribution in [0.5, 0.6) is 0 Å². The lowest BCUT2D eigenvalue weighted by Gasteiger charge is -1.98. The van der Waals surface area contributed by atoms with Crippen molar-refractivity contribution in [1.29, 1.82) is 0 Å². The Kier molecular flexibility index (Phi) is 31.6. The van der Waals surface area contributed by atoms with Gasteiger partial charge in [-0.15, -0.1) is 0 Å². The molecule has 0 aromatic rings. The zero-order chi connectivity index (χ0) is 27.6. The Bertz CT molecular complexity index is 565. The lowest BCUT2D eigenvalue weighted by Crippen LogP contribution is -1.92. The van der Waals surface area contributed by atoms with Crippen molar-refractivity contribution in [3.63, 3.8) is 0 Å². The fraction of sp³-hybridized carbons (Fsp3) is 0.694. The molecule has 0 radical (unpaired) electrons. The van der Waals surface area contributed by atoms with Crippen LogP contribution in [0.1, 0.15) is 155 Å². The maximum Gasteiger partial charge on any atom is 0.330 e. The number of ether oxygens (including phenoxy) is 1. The minimum absolute atomic E-state index is 0.343. The molecular weight excluding hydrogens is 464 g/mol. The van der Waals surface area contributed by atoms with E-state index in [1.807, 2.05) is 30.4 Å². The van der Waals surface area contributed by atoms with Gasteiger partial charge in [0.2, 0.25) is 0 Å². The Balaban J connectivity index is 0.000000701. The molecule has 0 amide bonds. The van der Waals surface area contributed by atoms with Gasteiger partial charge in [-0.25, -0.2) is 4.79 Å². The Hall–Kier alpha value is -1.83. The van der Waals surface area contributed by atoms with Gasteiger partial charge in [0.1, 0.15) is 0 Å². The van der Waals surface area contributed by atoms with Gasteiger partial charge in [0, 0.05) is 6.08 Å². The quantitative estimate of drug-likeness (QED) is 0.103. The Morgan fingerprint density at radius 1 is 0.500 bits per heavy atom. The van der Waals surface area contributed by atoms with Gasteiger partial charge in [-0.05, 0) is 12.8 Å². The lowest BCUT2D eigenvalue weighted by molar-refractivity contribution is -0.134. The second kappa shape index (κ2) is 33.2. The molecule has 0 saturated heterocycles. The number of allylic oxidation sites excluding steroid dienone is 9. The van der Waals surface area contributed by atoms with Crippen LogP contribution in [0.3, 0.4) is 0 Å². The molecule has 2 nitrogen and oxygen atoms in total. The van der Waals surface area contributed by atoms with Crippen molar-refractivity contribution in [3.8, 4) is 0 Å². The topological polar surface area (TPSA) is 26.3 Å². The molecule has 5 fully saturated rings. The van der Waals surface area contributed by atoms with E-state index in [1.54, 1.807) is 12.2 Å². The van der Waals surface area contributed by atoms with E-state index in [-0.39, 0.29) is 5.97 Å². The van der Waals surface area contributed by atoms with Gasteiger partial charge >= 0.3 is 5.97 Å². The summed E-state index contributed by atoms with van der Waals surface area (Å²) in [5.41, 5.74) is 0. The minimum atomic E-state index is -0.343. The van der Waals surface area contributed by atoms with Crippen molar-refractivity contribution in [1.82, 2.24) is 0 Å². The fourth-order valence-electron chi connectivity index (χ4n) is 1.98. The van der Waals surface area contributed by atoms with Gasteiger partial charge < -0.3 is 4.74 Å². The van der Waals surface area contributed by atoms with Gasteiger partial charge in [-0.1, -0.05) is 196 Å². The molecule has 0 heterocycles. The molecule has 2 heteroatoms. The lowest BCUT2D eigenvalue weighted by atomic mass is 10.1. The molecule has 0 aliphatic heterocycles. The highest BCUT2D eigenvalue weighted by Crippen LogP contribution is 2.16. The Labute approximate surface area is 237 Å². The monoisotopic (exact) mass is 526 g/mol. The second-order valence-electron chi connectivity index (χ2n) is 10.7. The van der Waals surface area contributed by atoms with Gasteiger partial charge in [-0.2, -0.15) is 0 Å². The Morgan fingerprint density at radius 3 is 1.21 bits per heavy atom. The summed E-state index contributed by atoms with van der Waals surface area (Å²) in [6.07, 6.45) is 52.1. The largest absolute Gasteiger partial charge is 0.466 e. The van der Waals surface area contributed by atoms with E-state index in [4.69, 9.17) is 0 Å². The highest BCUT2D eigenvalue weighted by molar-refractivity contribution is 5.82. The smallest absolute Gasteiger partial charge is 0.330 e. The summed E-state index contributed by atoms with van der Waals surface area (Å²) in [6, 6.07) is 0. The molecule has 0 atom stereocenters. The van der Waals surface area contributed by atoms with Gasteiger partial charge in [-0.3, -0.25) is 0 Å². The molecule has 5 saturated carbocycles. The third-order valence-electron chi connectivity index (χ3n) is 5.09. The van der Waals surface area contributed by atoms with Crippen molar-refractivity contribution < 1.29 is 9.53 Å². The van der Waals surface area contributed by atoms with Crippen LogP contribution in [-0.2, 0) is 9.53 Å². The molecule has 5 aliphatic carbocycles. The number of unbranched alkanes of at least 4 members (excludes halogenated alkanes) is 7. The summed E-state index contributed by atoms with van der Waals surface area (Å²) in [6.45, 7) is 2.26. The van der Waals surface area contributed by atoms with E-state index in [0.29, 0.717) is 0 Å². The number of methoxy groups -OCH3 is 1. The van der Waals surface area contributed by atoms with Crippen LogP contribution in [-0.4, -0.2) is 13.1 Å². The number of carbonyl (C=O) groups is 1. The van der Waals surface area contributed by atoms with E-state index >= 15 is 0 Å². The first-order valence-electron chi connectivity index (χ1n) is 16.2. The molecular formula is C36H62O2. The minimum Gasteiger partial charge on any atom is -0.466 e. The average molecular weight is 527 g/mol. The summed E-state index contributed by atoms with van der Waals surface area (Å²) in [7, 11) is 1.36. The molecule has 5 rings (SSSR count). The molecule has 0 spiro atoms. The number of carbonyl (C=O) groups excluding carboxylic acids is 1. The standard InChI is InChI=1S/C21H32O2.5C3H6/c1-3-4-5-6-7-8-9-10-11-12-13-14-15-16-17-18-19-20-21(22)23-2;5*1-2-3-1/h11-20H,3-10H2,1-2H3;5*1-3H2/b12-11+,14-13+,16-15+,18-17+,20-19+;;;;;. The van der Waals surface area contributed by atoms with Crippen LogP contribution in [0.4, 0.5) is 0 Å². The van der Waals surface area contributed by atoms with E-state index in [9.17, 15) is 4.79 Å². The highest BCUT2D eigenvalue weighted by atomic mass is 16.5. The van der Waals surface area contributed by atoms with Crippen LogP contribution in [0.25, 0.3) is 0 Å². The summed E-state index contributed by atoms with van der Waals surface area (Å²) >= 11 is 0. The molecule has 0 N–H and O–H groups in total. The first-order chi connectivity index (χ1) is 18.8. The van der Waals surface area contributed by atoms with Crippen LogP contribution < -0.4 is 0 Å². The molecule has 38 heavy (non-hydrogen) atoms. The predicted molar refractivity (Wildman–Crippen MR) is 170 cm³/mol. The number of rotatable bonds is 13. The van der Waals surface area contributed by atoms with Gasteiger partial charge in [0.05, 0.1) is 7.11 Å². The van der Waals surface area contributed by atoms with Crippen LogP contribution in [0.2, 0.25) is 0 Å². The third kappa shape index (κ3) is 64.4. The molecule has 218 valence electrons. The molecule has 0 bridgehead atoms. The fourth-order valence-corrected chi connectivity index (χ4v) is 1.98. The third-order valence-corrected chi connectivity index (χ3v) is 5.09. The first kappa shape index (κ1) is 36.2. The van der Waals surface area contributed by atoms with E-state index < -0.39 is 0 Å². The summed E-state index contributed by atoms with van der Waals surface area (Å²) in [5.74, 6) is -0.343.